The summed E-state index contributed by atoms with van der Waals surface area (Å²) in [4.78, 5) is 0. The molecule has 0 bridgehead atoms. The Labute approximate surface area is 91.2 Å². The standard InChI is InChI=1S/C12H19NO2/c1-7-8(2)12(15-5)11(14-4)6-10(7)9(3)13/h6,9H,13H2,1-5H3. The van der Waals surface area contributed by atoms with E-state index in [1.54, 1.807) is 14.2 Å². The van der Waals surface area contributed by atoms with E-state index in [9.17, 15) is 0 Å². The second-order valence-electron chi connectivity index (χ2n) is 3.74. The van der Waals surface area contributed by atoms with E-state index >= 15 is 0 Å². The molecule has 0 aliphatic heterocycles. The average Bonchev–Trinajstić information content (AvgIpc) is 2.21. The first-order valence-corrected chi connectivity index (χ1v) is 5.00. The topological polar surface area (TPSA) is 44.5 Å². The third kappa shape index (κ3) is 2.07. The van der Waals surface area contributed by atoms with Crippen LogP contribution in [0.3, 0.4) is 0 Å². The molecule has 1 rings (SSSR count). The van der Waals surface area contributed by atoms with Crippen LogP contribution in [0.15, 0.2) is 6.07 Å². The van der Waals surface area contributed by atoms with Gasteiger partial charge in [0.2, 0.25) is 0 Å². The van der Waals surface area contributed by atoms with E-state index in [0.717, 1.165) is 22.6 Å². The molecule has 84 valence electrons. The Morgan fingerprint density at radius 1 is 1.13 bits per heavy atom. The van der Waals surface area contributed by atoms with Crippen molar-refractivity contribution in [1.29, 1.82) is 0 Å². The SMILES string of the molecule is COc1cc(C(C)N)c(C)c(C)c1OC. The van der Waals surface area contributed by atoms with Crippen molar-refractivity contribution in [3.63, 3.8) is 0 Å². The van der Waals surface area contributed by atoms with Gasteiger partial charge in [0, 0.05) is 6.04 Å². The molecule has 0 spiro atoms. The predicted octanol–water partition coefficient (Wildman–Crippen LogP) is 2.34. The Morgan fingerprint density at radius 2 is 1.73 bits per heavy atom. The molecule has 0 fully saturated rings. The fourth-order valence-electron chi connectivity index (χ4n) is 1.76. The number of benzene rings is 1. The van der Waals surface area contributed by atoms with Crippen molar-refractivity contribution in [2.24, 2.45) is 5.73 Å². The van der Waals surface area contributed by atoms with Crippen molar-refractivity contribution in [3.8, 4) is 11.5 Å². The number of methoxy groups -OCH3 is 2. The zero-order valence-corrected chi connectivity index (χ0v) is 10.0. The number of hydrogen-bond donors (Lipinski definition) is 1. The van der Waals surface area contributed by atoms with Gasteiger partial charge in [0.25, 0.3) is 0 Å². The molecule has 0 aromatic heterocycles. The van der Waals surface area contributed by atoms with Crippen molar-refractivity contribution in [2.75, 3.05) is 14.2 Å². The Morgan fingerprint density at radius 3 is 2.13 bits per heavy atom. The Bertz CT molecular complexity index is 359. The van der Waals surface area contributed by atoms with Crippen LogP contribution >= 0.6 is 0 Å². The molecule has 1 atom stereocenters. The molecule has 0 amide bonds. The number of rotatable bonds is 3. The highest BCUT2D eigenvalue weighted by Crippen LogP contribution is 2.36. The van der Waals surface area contributed by atoms with Gasteiger partial charge in [-0.25, -0.2) is 0 Å². The third-order valence-corrected chi connectivity index (χ3v) is 2.76. The molecule has 0 saturated heterocycles. The summed E-state index contributed by atoms with van der Waals surface area (Å²) in [6.45, 7) is 6.03. The maximum absolute atomic E-state index is 5.90. The molecule has 0 aliphatic rings. The first-order valence-electron chi connectivity index (χ1n) is 5.00. The number of ether oxygens (including phenoxy) is 2. The van der Waals surface area contributed by atoms with Crippen LogP contribution in [-0.2, 0) is 0 Å². The van der Waals surface area contributed by atoms with Gasteiger partial charge in [0.1, 0.15) is 0 Å². The molecule has 15 heavy (non-hydrogen) atoms. The molecular formula is C12H19NO2. The zero-order valence-electron chi connectivity index (χ0n) is 10.0. The summed E-state index contributed by atoms with van der Waals surface area (Å²) in [7, 11) is 3.29. The molecule has 1 aromatic rings. The van der Waals surface area contributed by atoms with E-state index < -0.39 is 0 Å². The lowest BCUT2D eigenvalue weighted by atomic mass is 9.97. The summed E-state index contributed by atoms with van der Waals surface area (Å²) < 4.78 is 10.6. The van der Waals surface area contributed by atoms with Crippen LogP contribution in [0, 0.1) is 13.8 Å². The fourth-order valence-corrected chi connectivity index (χ4v) is 1.76. The monoisotopic (exact) mass is 209 g/mol. The lowest BCUT2D eigenvalue weighted by Crippen LogP contribution is -2.09. The van der Waals surface area contributed by atoms with Crippen LogP contribution in [-0.4, -0.2) is 14.2 Å². The van der Waals surface area contributed by atoms with E-state index in [1.165, 1.54) is 5.56 Å². The quantitative estimate of drug-likeness (QED) is 0.831. The summed E-state index contributed by atoms with van der Waals surface area (Å²) in [5, 5.41) is 0. The minimum Gasteiger partial charge on any atom is -0.493 e. The Balaban J connectivity index is 3.42. The zero-order chi connectivity index (χ0) is 11.6. The van der Waals surface area contributed by atoms with Gasteiger partial charge in [-0.3, -0.25) is 0 Å². The van der Waals surface area contributed by atoms with Gasteiger partial charge in [-0.05, 0) is 43.5 Å². The third-order valence-electron chi connectivity index (χ3n) is 2.76. The lowest BCUT2D eigenvalue weighted by Gasteiger charge is -2.18. The van der Waals surface area contributed by atoms with Crippen LogP contribution in [0.4, 0.5) is 0 Å². The van der Waals surface area contributed by atoms with Gasteiger partial charge >= 0.3 is 0 Å². The molecule has 0 aliphatic carbocycles. The molecule has 0 radical (unpaired) electrons. The summed E-state index contributed by atoms with van der Waals surface area (Å²) in [6.07, 6.45) is 0. The van der Waals surface area contributed by atoms with E-state index in [0.29, 0.717) is 0 Å². The molecule has 0 saturated carbocycles. The number of hydrogen-bond acceptors (Lipinski definition) is 3. The van der Waals surface area contributed by atoms with Crippen LogP contribution < -0.4 is 15.2 Å². The molecular weight excluding hydrogens is 190 g/mol. The van der Waals surface area contributed by atoms with Crippen LogP contribution in [0.2, 0.25) is 0 Å². The fraction of sp³-hybridized carbons (Fsp3) is 0.500. The van der Waals surface area contributed by atoms with Crippen LogP contribution in [0.5, 0.6) is 11.5 Å². The summed E-state index contributed by atoms with van der Waals surface area (Å²) >= 11 is 0. The maximum Gasteiger partial charge on any atom is 0.163 e. The first-order chi connectivity index (χ1) is 7.02. The van der Waals surface area contributed by atoms with E-state index in [4.69, 9.17) is 15.2 Å². The van der Waals surface area contributed by atoms with Gasteiger partial charge in [-0.15, -0.1) is 0 Å². The van der Waals surface area contributed by atoms with E-state index in [-0.39, 0.29) is 6.04 Å². The largest absolute Gasteiger partial charge is 0.493 e. The van der Waals surface area contributed by atoms with Gasteiger partial charge in [0.15, 0.2) is 11.5 Å². The summed E-state index contributed by atoms with van der Waals surface area (Å²) in [5.41, 5.74) is 9.26. The smallest absolute Gasteiger partial charge is 0.163 e. The highest BCUT2D eigenvalue weighted by molar-refractivity contribution is 5.54. The van der Waals surface area contributed by atoms with Crippen molar-refractivity contribution in [3.05, 3.63) is 22.8 Å². The average molecular weight is 209 g/mol. The molecule has 3 nitrogen and oxygen atoms in total. The summed E-state index contributed by atoms with van der Waals surface area (Å²) in [6, 6.07) is 1.95. The van der Waals surface area contributed by atoms with Gasteiger partial charge in [-0.2, -0.15) is 0 Å². The molecule has 1 unspecified atom stereocenters. The molecule has 2 N–H and O–H groups in total. The Hall–Kier alpha value is -1.22. The van der Waals surface area contributed by atoms with E-state index in [2.05, 4.69) is 6.92 Å². The normalized spacial score (nSPS) is 12.4. The second kappa shape index (κ2) is 4.53. The maximum atomic E-state index is 5.90. The van der Waals surface area contributed by atoms with Crippen molar-refractivity contribution < 1.29 is 9.47 Å². The van der Waals surface area contributed by atoms with Crippen molar-refractivity contribution in [1.82, 2.24) is 0 Å². The summed E-state index contributed by atoms with van der Waals surface area (Å²) in [5.74, 6) is 1.53. The highest BCUT2D eigenvalue weighted by atomic mass is 16.5. The molecule has 1 aromatic carbocycles. The van der Waals surface area contributed by atoms with Crippen molar-refractivity contribution in [2.45, 2.75) is 26.8 Å². The Kier molecular flexibility index (Phi) is 3.58. The van der Waals surface area contributed by atoms with Crippen LogP contribution in [0.25, 0.3) is 0 Å². The minimum absolute atomic E-state index is 0.00325. The second-order valence-corrected chi connectivity index (χ2v) is 3.74. The van der Waals surface area contributed by atoms with Gasteiger partial charge in [-0.1, -0.05) is 0 Å². The highest BCUT2D eigenvalue weighted by Gasteiger charge is 2.15. The first kappa shape index (κ1) is 11.9. The molecule has 3 heteroatoms. The van der Waals surface area contributed by atoms with Crippen molar-refractivity contribution >= 4 is 0 Å². The minimum atomic E-state index is 0.00325. The number of nitrogens with two attached hydrogens (primary N) is 1. The van der Waals surface area contributed by atoms with Gasteiger partial charge < -0.3 is 15.2 Å². The van der Waals surface area contributed by atoms with Gasteiger partial charge in [0.05, 0.1) is 14.2 Å². The van der Waals surface area contributed by atoms with E-state index in [1.807, 2.05) is 19.9 Å². The predicted molar refractivity (Wildman–Crippen MR) is 61.6 cm³/mol. The van der Waals surface area contributed by atoms with Crippen LogP contribution in [0.1, 0.15) is 29.7 Å². The lowest BCUT2D eigenvalue weighted by molar-refractivity contribution is 0.352. The molecule has 0 heterocycles.